The summed E-state index contributed by atoms with van der Waals surface area (Å²) in [4.78, 5) is 20.5. The maximum Gasteiger partial charge on any atom is 0.317 e. The molecule has 2 amide bonds. The summed E-state index contributed by atoms with van der Waals surface area (Å²) in [6, 6.07) is 7.03. The molecule has 1 aliphatic carbocycles. The fourth-order valence-electron chi connectivity index (χ4n) is 4.93. The highest BCUT2D eigenvalue weighted by Crippen LogP contribution is 2.41. The highest BCUT2D eigenvalue weighted by atomic mass is 16.2. The van der Waals surface area contributed by atoms with Gasteiger partial charge in [-0.15, -0.1) is 0 Å². The van der Waals surface area contributed by atoms with Crippen molar-refractivity contribution in [3.05, 3.63) is 41.1 Å². The Hall–Kier alpha value is -2.27. The molecule has 150 valence electrons. The van der Waals surface area contributed by atoms with Crippen LogP contribution in [0.1, 0.15) is 44.0 Å². The zero-order valence-corrected chi connectivity index (χ0v) is 17.5. The number of urea groups is 1. The van der Waals surface area contributed by atoms with Crippen LogP contribution in [0.3, 0.4) is 0 Å². The molecule has 0 bridgehead atoms. The monoisotopic (exact) mass is 380 g/mol. The van der Waals surface area contributed by atoms with Crippen molar-refractivity contribution < 1.29 is 4.79 Å². The van der Waals surface area contributed by atoms with Crippen LogP contribution in [0, 0.1) is 0 Å². The largest absolute Gasteiger partial charge is 0.358 e. The zero-order valence-electron chi connectivity index (χ0n) is 17.5. The first kappa shape index (κ1) is 19.1. The number of fused-ring (bicyclic) bond motifs is 2. The molecule has 2 aliphatic rings. The number of carbonyl (C=O) groups is 1. The van der Waals surface area contributed by atoms with Gasteiger partial charge in [0.05, 0.1) is 6.04 Å². The van der Waals surface area contributed by atoms with E-state index in [0.717, 1.165) is 38.9 Å². The number of amides is 2. The van der Waals surface area contributed by atoms with E-state index < -0.39 is 0 Å². The van der Waals surface area contributed by atoms with Gasteiger partial charge in [-0.3, -0.25) is 4.90 Å². The summed E-state index contributed by atoms with van der Waals surface area (Å²) in [6.45, 7) is 8.59. The first-order valence-corrected chi connectivity index (χ1v) is 10.7. The minimum absolute atomic E-state index is 0.0280. The first-order chi connectivity index (χ1) is 13.6. The van der Waals surface area contributed by atoms with E-state index in [2.05, 4.69) is 53.4 Å². The number of aryl methyl sites for hydroxylation is 1. The van der Waals surface area contributed by atoms with Gasteiger partial charge in [-0.25, -0.2) is 4.79 Å². The Balaban J connectivity index is 1.72. The quantitative estimate of drug-likeness (QED) is 0.829. The number of aromatic nitrogens is 1. The number of likely N-dealkylation sites (N-methyl/N-ethyl adjacent to an activating group) is 1. The first-order valence-electron chi connectivity index (χ1n) is 10.7. The molecule has 0 saturated heterocycles. The van der Waals surface area contributed by atoms with E-state index in [4.69, 9.17) is 0 Å². The van der Waals surface area contributed by atoms with Gasteiger partial charge in [-0.05, 0) is 56.5 Å². The standard InChI is InChI=1S/C23H32N4O/c1-5-9-19-18-13-21-17(16-10-8-11-20(25-19)22(16)18)12-15(14-26(21)4)24-23(28)27(6-2)7-3/h8,10-12,15,21,25H,5-7,9,13-14H2,1-4H3,(H,24,28)/t15-,21+/m0/s1. The van der Waals surface area contributed by atoms with Crippen LogP contribution in [0.5, 0.6) is 0 Å². The lowest BCUT2D eigenvalue weighted by Crippen LogP contribution is -2.52. The molecule has 0 radical (unpaired) electrons. The number of rotatable bonds is 5. The fourth-order valence-corrected chi connectivity index (χ4v) is 4.93. The smallest absolute Gasteiger partial charge is 0.317 e. The molecule has 0 spiro atoms. The van der Waals surface area contributed by atoms with Crippen molar-refractivity contribution in [3.8, 4) is 0 Å². The van der Waals surface area contributed by atoms with E-state index in [1.54, 1.807) is 0 Å². The van der Waals surface area contributed by atoms with Crippen molar-refractivity contribution in [3.63, 3.8) is 0 Å². The summed E-state index contributed by atoms with van der Waals surface area (Å²) >= 11 is 0. The number of aromatic amines is 1. The van der Waals surface area contributed by atoms with E-state index in [-0.39, 0.29) is 12.1 Å². The molecule has 2 heterocycles. The number of carbonyl (C=O) groups excluding carboxylic acids is 1. The van der Waals surface area contributed by atoms with Gasteiger partial charge in [0.15, 0.2) is 0 Å². The third-order valence-corrected chi connectivity index (χ3v) is 6.34. The Morgan fingerprint density at radius 1 is 1.29 bits per heavy atom. The average Bonchev–Trinajstić information content (AvgIpc) is 3.03. The van der Waals surface area contributed by atoms with E-state index >= 15 is 0 Å². The van der Waals surface area contributed by atoms with Gasteiger partial charge in [0.25, 0.3) is 0 Å². The number of hydrogen-bond donors (Lipinski definition) is 2. The minimum Gasteiger partial charge on any atom is -0.358 e. The SMILES string of the molecule is CCCc1[nH]c2cccc3c2c1C[C@@H]1C3=C[C@H](NC(=O)N(CC)CC)CN1C. The number of H-pyrrole nitrogens is 1. The predicted octanol–water partition coefficient (Wildman–Crippen LogP) is 3.79. The van der Waals surface area contributed by atoms with Crippen LogP contribution in [0.4, 0.5) is 4.79 Å². The van der Waals surface area contributed by atoms with Crippen molar-refractivity contribution >= 4 is 22.5 Å². The molecule has 5 nitrogen and oxygen atoms in total. The predicted molar refractivity (Wildman–Crippen MR) is 116 cm³/mol. The lowest BCUT2D eigenvalue weighted by molar-refractivity contribution is 0.193. The Labute approximate surface area is 167 Å². The summed E-state index contributed by atoms with van der Waals surface area (Å²) in [5.41, 5.74) is 6.82. The molecule has 1 aliphatic heterocycles. The van der Waals surface area contributed by atoms with Crippen LogP contribution >= 0.6 is 0 Å². The summed E-state index contributed by atoms with van der Waals surface area (Å²) in [5, 5.41) is 4.61. The molecule has 5 heteroatoms. The van der Waals surface area contributed by atoms with Crippen LogP contribution in [0.15, 0.2) is 24.3 Å². The third-order valence-electron chi connectivity index (χ3n) is 6.34. The van der Waals surface area contributed by atoms with Crippen LogP contribution in [0.25, 0.3) is 16.5 Å². The van der Waals surface area contributed by atoms with Crippen molar-refractivity contribution in [1.82, 2.24) is 20.1 Å². The second-order valence-corrected chi connectivity index (χ2v) is 8.07. The molecular weight excluding hydrogens is 348 g/mol. The molecule has 2 atom stereocenters. The zero-order chi connectivity index (χ0) is 19.8. The second-order valence-electron chi connectivity index (χ2n) is 8.07. The lowest BCUT2D eigenvalue weighted by Gasteiger charge is -2.40. The van der Waals surface area contributed by atoms with Crippen LogP contribution in [0.2, 0.25) is 0 Å². The summed E-state index contributed by atoms with van der Waals surface area (Å²) in [5.74, 6) is 0. The Kier molecular flexibility index (Phi) is 5.19. The topological polar surface area (TPSA) is 51.4 Å². The maximum absolute atomic E-state index is 12.6. The third kappa shape index (κ3) is 3.12. The number of benzene rings is 1. The van der Waals surface area contributed by atoms with Gasteiger partial charge in [0.1, 0.15) is 0 Å². The van der Waals surface area contributed by atoms with Gasteiger partial charge in [-0.2, -0.15) is 0 Å². The van der Waals surface area contributed by atoms with Gasteiger partial charge >= 0.3 is 6.03 Å². The Morgan fingerprint density at radius 3 is 2.79 bits per heavy atom. The highest BCUT2D eigenvalue weighted by molar-refractivity contribution is 5.99. The van der Waals surface area contributed by atoms with Crippen molar-refractivity contribution in [2.24, 2.45) is 0 Å². The molecular formula is C23H32N4O. The van der Waals surface area contributed by atoms with E-state index in [1.165, 1.54) is 33.3 Å². The Bertz CT molecular complexity index is 909. The summed E-state index contributed by atoms with van der Waals surface area (Å²) in [7, 11) is 2.19. The van der Waals surface area contributed by atoms with Crippen molar-refractivity contribution in [1.29, 1.82) is 0 Å². The Morgan fingerprint density at radius 2 is 2.07 bits per heavy atom. The normalized spacial score (nSPS) is 21.4. The van der Waals surface area contributed by atoms with Crippen LogP contribution in [-0.4, -0.2) is 59.6 Å². The molecule has 0 saturated carbocycles. The number of hydrogen-bond acceptors (Lipinski definition) is 2. The van der Waals surface area contributed by atoms with E-state index in [9.17, 15) is 4.79 Å². The number of nitrogens with zero attached hydrogens (tertiary/aromatic N) is 2. The van der Waals surface area contributed by atoms with Gasteiger partial charge in [-0.1, -0.05) is 31.6 Å². The molecule has 28 heavy (non-hydrogen) atoms. The maximum atomic E-state index is 12.6. The van der Waals surface area contributed by atoms with Crippen LogP contribution in [-0.2, 0) is 12.8 Å². The fraction of sp³-hybridized carbons (Fsp3) is 0.522. The van der Waals surface area contributed by atoms with Crippen LogP contribution < -0.4 is 5.32 Å². The highest BCUT2D eigenvalue weighted by Gasteiger charge is 2.35. The lowest BCUT2D eigenvalue weighted by atomic mass is 9.80. The number of nitrogens with one attached hydrogen (secondary N) is 2. The van der Waals surface area contributed by atoms with E-state index in [0.29, 0.717) is 6.04 Å². The van der Waals surface area contributed by atoms with Crippen molar-refractivity contribution in [2.75, 3.05) is 26.7 Å². The summed E-state index contributed by atoms with van der Waals surface area (Å²) < 4.78 is 0. The van der Waals surface area contributed by atoms with E-state index in [1.807, 2.05) is 18.7 Å². The molecule has 1 aromatic carbocycles. The minimum atomic E-state index is 0.0280. The summed E-state index contributed by atoms with van der Waals surface area (Å²) in [6.07, 6.45) is 5.60. The second kappa shape index (κ2) is 7.63. The molecule has 4 rings (SSSR count). The van der Waals surface area contributed by atoms with Gasteiger partial charge in [0, 0.05) is 42.3 Å². The molecule has 2 aromatic rings. The molecule has 0 fully saturated rings. The molecule has 1 aromatic heterocycles. The van der Waals surface area contributed by atoms with Crippen molar-refractivity contribution in [2.45, 2.75) is 52.1 Å². The van der Waals surface area contributed by atoms with Gasteiger partial charge < -0.3 is 15.2 Å². The molecule has 2 N–H and O–H groups in total. The molecule has 0 unspecified atom stereocenters. The average molecular weight is 381 g/mol. The van der Waals surface area contributed by atoms with Gasteiger partial charge in [0.2, 0.25) is 0 Å².